The van der Waals surface area contributed by atoms with Crippen LogP contribution in [0.25, 0.3) is 0 Å². The molecule has 3 heterocycles. The number of hydrogen-bond acceptors (Lipinski definition) is 5. The summed E-state index contributed by atoms with van der Waals surface area (Å²) in [6.45, 7) is 3.19. The van der Waals surface area contributed by atoms with Gasteiger partial charge in [0, 0.05) is 38.0 Å². The van der Waals surface area contributed by atoms with Crippen molar-refractivity contribution >= 4 is 12.3 Å². The highest BCUT2D eigenvalue weighted by molar-refractivity contribution is 5.73. The van der Waals surface area contributed by atoms with E-state index in [1.54, 1.807) is 17.3 Å². The zero-order chi connectivity index (χ0) is 11.0. The molecule has 1 amide bonds. The number of cyclic esters (lactones) is 1. The fraction of sp³-hybridized carbons (Fsp3) is 0.600. The lowest BCUT2D eigenvalue weighted by Crippen LogP contribution is -2.49. The maximum atomic E-state index is 11.7. The molecule has 1 unspecified atom stereocenters. The second-order valence-electron chi connectivity index (χ2n) is 4.17. The molecule has 2 saturated heterocycles. The van der Waals surface area contributed by atoms with Crippen molar-refractivity contribution in [3.05, 3.63) is 12.0 Å². The molecule has 0 spiro atoms. The number of carbonyl (C=O) groups is 1. The summed E-state index contributed by atoms with van der Waals surface area (Å²) < 4.78 is 5.34. The topological polar surface area (TPSA) is 66.0 Å². The van der Waals surface area contributed by atoms with Crippen molar-refractivity contribution in [3.63, 3.8) is 0 Å². The third-order valence-electron chi connectivity index (χ3n) is 3.11. The monoisotopic (exact) mass is 222 g/mol. The van der Waals surface area contributed by atoms with Crippen LogP contribution in [0.15, 0.2) is 17.0 Å². The standard InChI is InChI=1S/C10H14N4O2/c15-10-14(9-5-11-1-2-13-9)6-8(16-10)7-3-12-4-7/h2,5,7-8,11-12H,1,3-4,6H2. The second-order valence-corrected chi connectivity index (χ2v) is 4.17. The lowest BCUT2D eigenvalue weighted by atomic mass is 9.96. The summed E-state index contributed by atoms with van der Waals surface area (Å²) in [5.74, 6) is 1.10. The normalized spacial score (nSPS) is 29.5. The van der Waals surface area contributed by atoms with Crippen molar-refractivity contribution < 1.29 is 9.53 Å². The van der Waals surface area contributed by atoms with Gasteiger partial charge in [0.05, 0.1) is 6.54 Å². The number of rotatable bonds is 2. The summed E-state index contributed by atoms with van der Waals surface area (Å²) >= 11 is 0. The zero-order valence-corrected chi connectivity index (χ0v) is 8.85. The molecular weight excluding hydrogens is 208 g/mol. The fourth-order valence-electron chi connectivity index (χ4n) is 2.02. The van der Waals surface area contributed by atoms with Crippen LogP contribution >= 0.6 is 0 Å². The van der Waals surface area contributed by atoms with Gasteiger partial charge in [-0.3, -0.25) is 4.90 Å². The molecule has 0 aromatic heterocycles. The van der Waals surface area contributed by atoms with Gasteiger partial charge in [-0.15, -0.1) is 0 Å². The highest BCUT2D eigenvalue weighted by atomic mass is 16.6. The van der Waals surface area contributed by atoms with E-state index in [4.69, 9.17) is 4.74 Å². The first-order valence-electron chi connectivity index (χ1n) is 5.49. The predicted molar refractivity (Wildman–Crippen MR) is 57.9 cm³/mol. The number of hydrogen-bond donors (Lipinski definition) is 2. The van der Waals surface area contributed by atoms with Crippen LogP contribution in [-0.2, 0) is 4.74 Å². The van der Waals surface area contributed by atoms with Gasteiger partial charge in [-0.2, -0.15) is 0 Å². The number of carbonyl (C=O) groups excluding carboxylic acids is 1. The fourth-order valence-corrected chi connectivity index (χ4v) is 2.02. The van der Waals surface area contributed by atoms with Crippen LogP contribution in [0, 0.1) is 5.92 Å². The Bertz CT molecular complexity index is 362. The largest absolute Gasteiger partial charge is 0.444 e. The Balaban J connectivity index is 1.69. The van der Waals surface area contributed by atoms with E-state index < -0.39 is 0 Å². The molecule has 2 N–H and O–H groups in total. The summed E-state index contributed by atoms with van der Waals surface area (Å²) in [4.78, 5) is 17.4. The summed E-state index contributed by atoms with van der Waals surface area (Å²) in [6, 6.07) is 0. The highest BCUT2D eigenvalue weighted by Crippen LogP contribution is 2.24. The van der Waals surface area contributed by atoms with Gasteiger partial charge in [-0.25, -0.2) is 9.79 Å². The zero-order valence-electron chi connectivity index (χ0n) is 8.85. The van der Waals surface area contributed by atoms with Crippen LogP contribution in [0.1, 0.15) is 0 Å². The van der Waals surface area contributed by atoms with Gasteiger partial charge < -0.3 is 15.4 Å². The van der Waals surface area contributed by atoms with Crippen molar-refractivity contribution in [1.29, 1.82) is 0 Å². The molecule has 86 valence electrons. The highest BCUT2D eigenvalue weighted by Gasteiger charge is 2.40. The Morgan fingerprint density at radius 3 is 3.00 bits per heavy atom. The molecule has 3 aliphatic rings. The van der Waals surface area contributed by atoms with Gasteiger partial charge in [0.1, 0.15) is 6.10 Å². The van der Waals surface area contributed by atoms with E-state index in [2.05, 4.69) is 15.6 Å². The third-order valence-corrected chi connectivity index (χ3v) is 3.11. The van der Waals surface area contributed by atoms with E-state index in [1.165, 1.54) is 0 Å². The van der Waals surface area contributed by atoms with E-state index in [1.807, 2.05) is 0 Å². The number of nitrogens with one attached hydrogen (secondary N) is 2. The van der Waals surface area contributed by atoms with Gasteiger partial charge in [0.15, 0.2) is 5.82 Å². The molecule has 0 aromatic carbocycles. The Kier molecular flexibility index (Phi) is 2.28. The van der Waals surface area contributed by atoms with E-state index in [-0.39, 0.29) is 12.2 Å². The van der Waals surface area contributed by atoms with Crippen molar-refractivity contribution in [2.24, 2.45) is 10.9 Å². The summed E-state index contributed by atoms with van der Waals surface area (Å²) in [6.07, 6.45) is 3.22. The molecule has 6 heteroatoms. The molecule has 16 heavy (non-hydrogen) atoms. The Hall–Kier alpha value is -1.56. The first kappa shape index (κ1) is 9.65. The van der Waals surface area contributed by atoms with Gasteiger partial charge in [0.25, 0.3) is 0 Å². The number of ether oxygens (including phenoxy) is 1. The van der Waals surface area contributed by atoms with E-state index in [9.17, 15) is 4.79 Å². The number of aliphatic imine (C=N–C) groups is 1. The first-order chi connectivity index (χ1) is 7.84. The molecule has 0 bridgehead atoms. The van der Waals surface area contributed by atoms with E-state index in [0.717, 1.165) is 13.1 Å². The molecule has 3 rings (SSSR count). The number of amides is 1. The van der Waals surface area contributed by atoms with Gasteiger partial charge >= 0.3 is 6.09 Å². The predicted octanol–water partition coefficient (Wildman–Crippen LogP) is -0.500. The van der Waals surface area contributed by atoms with Crippen molar-refractivity contribution in [3.8, 4) is 0 Å². The van der Waals surface area contributed by atoms with E-state index >= 15 is 0 Å². The SMILES string of the molecule is O=C1OC(C2CNC2)CN1C1=CNCC=N1. The Morgan fingerprint density at radius 1 is 1.50 bits per heavy atom. The molecule has 6 nitrogen and oxygen atoms in total. The smallest absolute Gasteiger partial charge is 0.416 e. The van der Waals surface area contributed by atoms with Crippen molar-refractivity contribution in [2.45, 2.75) is 6.10 Å². The van der Waals surface area contributed by atoms with Crippen LogP contribution in [0.5, 0.6) is 0 Å². The summed E-state index contributed by atoms with van der Waals surface area (Å²) in [7, 11) is 0. The maximum absolute atomic E-state index is 11.7. The van der Waals surface area contributed by atoms with Gasteiger partial charge in [0.2, 0.25) is 0 Å². The van der Waals surface area contributed by atoms with Crippen LogP contribution in [0.3, 0.4) is 0 Å². The van der Waals surface area contributed by atoms with Crippen molar-refractivity contribution in [1.82, 2.24) is 15.5 Å². The third kappa shape index (κ3) is 1.55. The molecule has 0 radical (unpaired) electrons. The van der Waals surface area contributed by atoms with E-state index in [0.29, 0.717) is 24.8 Å². The molecule has 0 saturated carbocycles. The molecule has 0 aliphatic carbocycles. The van der Waals surface area contributed by atoms with Gasteiger partial charge in [-0.1, -0.05) is 0 Å². The molecule has 1 atom stereocenters. The molecule has 3 aliphatic heterocycles. The Morgan fingerprint density at radius 2 is 2.38 bits per heavy atom. The first-order valence-corrected chi connectivity index (χ1v) is 5.49. The van der Waals surface area contributed by atoms with Crippen molar-refractivity contribution in [2.75, 3.05) is 26.2 Å². The van der Waals surface area contributed by atoms with Crippen LogP contribution in [-0.4, -0.2) is 49.5 Å². The van der Waals surface area contributed by atoms with Crippen LogP contribution < -0.4 is 10.6 Å². The molecule has 2 fully saturated rings. The maximum Gasteiger partial charge on any atom is 0.416 e. The lowest BCUT2D eigenvalue weighted by Gasteiger charge is -2.30. The van der Waals surface area contributed by atoms with Crippen LogP contribution in [0.2, 0.25) is 0 Å². The minimum atomic E-state index is -0.288. The lowest BCUT2D eigenvalue weighted by molar-refractivity contribution is 0.0824. The number of nitrogens with zero attached hydrogens (tertiary/aromatic N) is 2. The minimum Gasteiger partial charge on any atom is -0.444 e. The van der Waals surface area contributed by atoms with Crippen LogP contribution in [0.4, 0.5) is 4.79 Å². The molecule has 0 aromatic rings. The Labute approximate surface area is 93.3 Å². The summed E-state index contributed by atoms with van der Waals surface area (Å²) in [5, 5.41) is 6.21. The average Bonchev–Trinajstić information content (AvgIpc) is 2.59. The average molecular weight is 222 g/mol. The van der Waals surface area contributed by atoms with Gasteiger partial charge in [-0.05, 0) is 0 Å². The summed E-state index contributed by atoms with van der Waals surface area (Å²) in [5.41, 5.74) is 0. The quantitative estimate of drug-likeness (QED) is 0.661. The minimum absolute atomic E-state index is 0.00627. The second kappa shape index (κ2) is 3.79. The molecular formula is C10H14N4O2.